The Hall–Kier alpha value is -2.86. The Morgan fingerprint density at radius 1 is 1.44 bits per heavy atom. The van der Waals surface area contributed by atoms with E-state index in [1.54, 1.807) is 24.3 Å². The summed E-state index contributed by atoms with van der Waals surface area (Å²) in [6.07, 6.45) is 0.103. The number of azide groups is 1. The number of amides is 1. The largest absolute Gasteiger partial charge is 0.474 e. The maximum atomic E-state index is 11.6. The predicted molar refractivity (Wildman–Crippen MR) is 60.3 cm³/mol. The van der Waals surface area contributed by atoms with E-state index in [0.717, 1.165) is 0 Å². The van der Waals surface area contributed by atoms with Crippen LogP contribution in [0.25, 0.3) is 10.4 Å². The molecule has 0 spiro atoms. The molecule has 18 heavy (non-hydrogen) atoms. The molecule has 0 aliphatic rings. The number of aromatic amines is 1. The summed E-state index contributed by atoms with van der Waals surface area (Å²) in [5.74, 6) is -0.158. The van der Waals surface area contributed by atoms with Crippen LogP contribution >= 0.6 is 0 Å². The van der Waals surface area contributed by atoms with E-state index in [1.165, 1.54) is 6.33 Å². The molecule has 0 aliphatic carbocycles. The van der Waals surface area contributed by atoms with Crippen molar-refractivity contribution in [2.75, 3.05) is 0 Å². The van der Waals surface area contributed by atoms with Crippen LogP contribution in [-0.4, -0.2) is 21.1 Å². The Labute approximate surface area is 101 Å². The summed E-state index contributed by atoms with van der Waals surface area (Å²) < 4.78 is 5.43. The molecule has 0 saturated heterocycles. The van der Waals surface area contributed by atoms with Crippen LogP contribution in [0.1, 0.15) is 11.9 Å². The lowest BCUT2D eigenvalue weighted by atomic mass is 10.3. The number of nitrogens with zero attached hydrogens (tertiary/aromatic N) is 5. The molecule has 1 aromatic carbocycles. The third kappa shape index (κ3) is 2.63. The van der Waals surface area contributed by atoms with Gasteiger partial charge < -0.3 is 4.74 Å². The second-order valence-corrected chi connectivity index (χ2v) is 3.21. The van der Waals surface area contributed by atoms with Crippen LogP contribution in [0.3, 0.4) is 0 Å². The number of hydrogen-bond acceptors (Lipinski definition) is 4. The predicted octanol–water partition coefficient (Wildman–Crippen LogP) is 1.76. The van der Waals surface area contributed by atoms with E-state index < -0.39 is 12.0 Å². The van der Waals surface area contributed by atoms with Crippen molar-refractivity contribution in [1.29, 1.82) is 0 Å². The van der Waals surface area contributed by atoms with Crippen LogP contribution in [0, 0.1) is 0 Å². The molecule has 0 aliphatic heterocycles. The Bertz CT molecular complexity index is 561. The first-order chi connectivity index (χ1) is 8.81. The van der Waals surface area contributed by atoms with Gasteiger partial charge in [0.25, 0.3) is 5.91 Å². The van der Waals surface area contributed by atoms with Gasteiger partial charge in [0.2, 0.25) is 6.10 Å². The zero-order valence-corrected chi connectivity index (χ0v) is 9.09. The van der Waals surface area contributed by atoms with Crippen LogP contribution in [-0.2, 0) is 4.79 Å². The van der Waals surface area contributed by atoms with Gasteiger partial charge in [0.15, 0.2) is 5.82 Å². The number of para-hydroxylation sites is 1. The van der Waals surface area contributed by atoms with Crippen LogP contribution < -0.4 is 4.74 Å². The molecule has 1 aromatic heterocycles. The highest BCUT2D eigenvalue weighted by molar-refractivity contribution is 5.82. The third-order valence-electron chi connectivity index (χ3n) is 2.05. The van der Waals surface area contributed by atoms with Crippen molar-refractivity contribution in [3.63, 3.8) is 0 Å². The molecule has 0 bridgehead atoms. The van der Waals surface area contributed by atoms with Crippen LogP contribution in [0.4, 0.5) is 0 Å². The molecule has 0 saturated carbocycles. The molecule has 2 rings (SSSR count). The maximum Gasteiger partial charge on any atom is 0.267 e. The average molecular weight is 244 g/mol. The first kappa shape index (κ1) is 11.6. The van der Waals surface area contributed by atoms with Gasteiger partial charge in [-0.05, 0) is 22.8 Å². The van der Waals surface area contributed by atoms with E-state index in [0.29, 0.717) is 5.75 Å². The summed E-state index contributed by atoms with van der Waals surface area (Å²) in [7, 11) is 0. The summed E-state index contributed by atoms with van der Waals surface area (Å²) >= 11 is 0. The molecule has 0 fully saturated rings. The highest BCUT2D eigenvalue weighted by Crippen LogP contribution is 2.20. The van der Waals surface area contributed by atoms with Gasteiger partial charge in [-0.25, -0.2) is 4.98 Å². The molecular formula is C10H8N6O2. The summed E-state index contributed by atoms with van der Waals surface area (Å²) in [6.45, 7) is 0. The topological polar surface area (TPSA) is 117 Å². The van der Waals surface area contributed by atoms with Crippen LogP contribution in [0.15, 0.2) is 41.8 Å². The van der Waals surface area contributed by atoms with Gasteiger partial charge in [-0.15, -0.1) is 0 Å². The lowest BCUT2D eigenvalue weighted by Crippen LogP contribution is -2.18. The zero-order valence-electron chi connectivity index (χ0n) is 9.09. The highest BCUT2D eigenvalue weighted by Gasteiger charge is 2.24. The summed E-state index contributed by atoms with van der Waals surface area (Å²) in [5, 5.41) is 9.14. The Kier molecular flexibility index (Phi) is 3.53. The molecule has 2 aromatic rings. The quantitative estimate of drug-likeness (QED) is 0.500. The van der Waals surface area contributed by atoms with Crippen molar-refractivity contribution in [3.05, 3.63) is 52.9 Å². The minimum atomic E-state index is -1.13. The van der Waals surface area contributed by atoms with E-state index in [4.69, 9.17) is 10.3 Å². The van der Waals surface area contributed by atoms with E-state index in [9.17, 15) is 4.79 Å². The fourth-order valence-corrected chi connectivity index (χ4v) is 1.30. The molecule has 1 heterocycles. The number of aromatic nitrogens is 3. The molecule has 1 unspecified atom stereocenters. The second-order valence-electron chi connectivity index (χ2n) is 3.21. The number of nitrogens with one attached hydrogen (secondary N) is 1. The van der Waals surface area contributed by atoms with Gasteiger partial charge in [-0.2, -0.15) is 5.10 Å². The number of benzene rings is 1. The van der Waals surface area contributed by atoms with Crippen molar-refractivity contribution in [2.45, 2.75) is 6.10 Å². The van der Waals surface area contributed by atoms with Gasteiger partial charge in [0.1, 0.15) is 12.1 Å². The number of carbonyl (C=O) groups is 1. The highest BCUT2D eigenvalue weighted by atomic mass is 16.5. The summed E-state index contributed by atoms with van der Waals surface area (Å²) in [5.41, 5.74) is 8.28. The van der Waals surface area contributed by atoms with Gasteiger partial charge >= 0.3 is 0 Å². The Morgan fingerprint density at radius 3 is 2.83 bits per heavy atom. The average Bonchev–Trinajstić information content (AvgIpc) is 2.91. The lowest BCUT2D eigenvalue weighted by molar-refractivity contribution is -0.125. The van der Waals surface area contributed by atoms with Crippen molar-refractivity contribution in [3.8, 4) is 5.75 Å². The SMILES string of the molecule is [N-]=[N+]=NC(=O)C(Oc1ccccc1)c1ncn[nH]1. The minimum absolute atomic E-state index is 0.177. The molecular weight excluding hydrogens is 236 g/mol. The Balaban J connectivity index is 2.26. The zero-order chi connectivity index (χ0) is 12.8. The monoisotopic (exact) mass is 244 g/mol. The summed E-state index contributed by atoms with van der Waals surface area (Å²) in [6, 6.07) is 8.67. The maximum absolute atomic E-state index is 11.6. The van der Waals surface area contributed by atoms with Crippen LogP contribution in [0.2, 0.25) is 0 Å². The van der Waals surface area contributed by atoms with Crippen molar-refractivity contribution >= 4 is 5.91 Å². The number of hydrogen-bond donors (Lipinski definition) is 1. The van der Waals surface area contributed by atoms with E-state index >= 15 is 0 Å². The fourth-order valence-electron chi connectivity index (χ4n) is 1.30. The molecule has 8 nitrogen and oxygen atoms in total. The van der Waals surface area contributed by atoms with Gasteiger partial charge in [-0.3, -0.25) is 9.89 Å². The smallest absolute Gasteiger partial charge is 0.267 e. The van der Waals surface area contributed by atoms with Gasteiger partial charge in [0.05, 0.1) is 0 Å². The first-order valence-electron chi connectivity index (χ1n) is 4.97. The molecule has 90 valence electrons. The number of ether oxygens (including phenoxy) is 1. The van der Waals surface area contributed by atoms with Gasteiger partial charge in [-0.1, -0.05) is 18.2 Å². The summed E-state index contributed by atoms with van der Waals surface area (Å²) in [4.78, 5) is 17.9. The molecule has 0 radical (unpaired) electrons. The minimum Gasteiger partial charge on any atom is -0.474 e. The second kappa shape index (κ2) is 5.46. The third-order valence-corrected chi connectivity index (χ3v) is 2.05. The normalized spacial score (nSPS) is 11.3. The van der Waals surface area contributed by atoms with Crippen LogP contribution in [0.5, 0.6) is 5.75 Å². The van der Waals surface area contributed by atoms with Crippen molar-refractivity contribution in [1.82, 2.24) is 15.2 Å². The molecule has 1 N–H and O–H groups in total. The fraction of sp³-hybridized carbons (Fsp3) is 0.100. The standard InChI is InChI=1S/C10H8N6O2/c11-16-15-10(17)8(9-12-6-13-14-9)18-7-4-2-1-3-5-7/h1-6,8H,(H,12,13,14). The molecule has 1 amide bonds. The molecule has 8 heteroatoms. The number of carbonyl (C=O) groups excluding carboxylic acids is 1. The lowest BCUT2D eigenvalue weighted by Gasteiger charge is -2.13. The molecule has 1 atom stereocenters. The van der Waals surface area contributed by atoms with E-state index in [1.807, 2.05) is 6.07 Å². The van der Waals surface area contributed by atoms with Gasteiger partial charge in [0, 0.05) is 4.91 Å². The number of H-pyrrole nitrogens is 1. The van der Waals surface area contributed by atoms with Crippen molar-refractivity contribution < 1.29 is 9.53 Å². The number of rotatable bonds is 4. The van der Waals surface area contributed by atoms with E-state index in [2.05, 4.69) is 25.2 Å². The Morgan fingerprint density at radius 2 is 2.22 bits per heavy atom. The van der Waals surface area contributed by atoms with E-state index in [-0.39, 0.29) is 5.82 Å². The first-order valence-corrected chi connectivity index (χ1v) is 4.97. The van der Waals surface area contributed by atoms with Crippen molar-refractivity contribution in [2.24, 2.45) is 5.11 Å².